The molecule has 0 unspecified atom stereocenters. The molecule has 0 atom stereocenters. The van der Waals surface area contributed by atoms with Crippen molar-refractivity contribution in [3.8, 4) is 5.88 Å². The number of carboxylic acid groups (broad SMARTS) is 1. The average molecular weight is 316 g/mol. The highest BCUT2D eigenvalue weighted by Crippen LogP contribution is 2.13. The zero-order valence-corrected chi connectivity index (χ0v) is 11.8. The first-order chi connectivity index (χ1) is 11.0. The number of carboxylic acids is 1. The monoisotopic (exact) mass is 316 g/mol. The predicted octanol–water partition coefficient (Wildman–Crippen LogP) is 1.88. The summed E-state index contributed by atoms with van der Waals surface area (Å²) >= 11 is 0. The lowest BCUT2D eigenvalue weighted by molar-refractivity contribution is -0.385. The van der Waals surface area contributed by atoms with E-state index in [-0.39, 0.29) is 35.9 Å². The van der Waals surface area contributed by atoms with Gasteiger partial charge in [0.1, 0.15) is 12.8 Å². The molecule has 0 spiro atoms. The molecule has 1 N–H and O–H groups in total. The van der Waals surface area contributed by atoms with E-state index in [0.717, 1.165) is 6.20 Å². The van der Waals surface area contributed by atoms with E-state index < -0.39 is 10.9 Å². The summed E-state index contributed by atoms with van der Waals surface area (Å²) in [4.78, 5) is 36.3. The lowest BCUT2D eigenvalue weighted by Gasteiger charge is -2.05. The summed E-state index contributed by atoms with van der Waals surface area (Å²) < 4.78 is 5.15. The molecule has 2 aromatic rings. The number of carbonyl (C=O) groups excluding carboxylic acids is 1. The Morgan fingerprint density at radius 2 is 2.04 bits per heavy atom. The number of aromatic carboxylic acids is 1. The molecule has 0 bridgehead atoms. The van der Waals surface area contributed by atoms with Gasteiger partial charge in [0.2, 0.25) is 5.88 Å². The van der Waals surface area contributed by atoms with Crippen LogP contribution < -0.4 is 4.74 Å². The molecular weight excluding hydrogens is 304 g/mol. The Hall–Kier alpha value is -3.29. The average Bonchev–Trinajstić information content (AvgIpc) is 2.53. The molecule has 0 radical (unpaired) electrons. The van der Waals surface area contributed by atoms with Gasteiger partial charge in [0.25, 0.3) is 5.69 Å². The van der Waals surface area contributed by atoms with Crippen molar-refractivity contribution in [3.05, 3.63) is 63.8 Å². The van der Waals surface area contributed by atoms with Crippen LogP contribution in [-0.4, -0.2) is 33.4 Å². The maximum atomic E-state index is 11.8. The Bertz CT molecular complexity index is 742. The van der Waals surface area contributed by atoms with Crippen LogP contribution in [0, 0.1) is 10.1 Å². The molecule has 0 amide bonds. The smallest absolute Gasteiger partial charge is 0.335 e. The number of hydrogen-bond donors (Lipinski definition) is 1. The summed E-state index contributed by atoms with van der Waals surface area (Å²) in [6.45, 7) is -0.262. The summed E-state index contributed by atoms with van der Waals surface area (Å²) in [6, 6.07) is 8.59. The van der Waals surface area contributed by atoms with Crippen LogP contribution in [-0.2, 0) is 11.2 Å². The first-order valence-corrected chi connectivity index (χ1v) is 6.53. The van der Waals surface area contributed by atoms with Gasteiger partial charge in [-0.1, -0.05) is 12.1 Å². The molecule has 0 aliphatic rings. The van der Waals surface area contributed by atoms with Crippen LogP contribution in [0.3, 0.4) is 0 Å². The second kappa shape index (κ2) is 7.12. The van der Waals surface area contributed by atoms with Gasteiger partial charge in [-0.15, -0.1) is 0 Å². The highest BCUT2D eigenvalue weighted by Gasteiger charge is 2.10. The normalized spacial score (nSPS) is 10.1. The van der Waals surface area contributed by atoms with Gasteiger partial charge in [0.15, 0.2) is 5.78 Å². The van der Waals surface area contributed by atoms with E-state index in [1.807, 2.05) is 0 Å². The fourth-order valence-corrected chi connectivity index (χ4v) is 1.81. The minimum atomic E-state index is -1.06. The van der Waals surface area contributed by atoms with Crippen LogP contribution in [0.25, 0.3) is 0 Å². The molecule has 118 valence electrons. The number of aromatic nitrogens is 1. The van der Waals surface area contributed by atoms with Gasteiger partial charge in [-0.2, -0.15) is 0 Å². The van der Waals surface area contributed by atoms with Gasteiger partial charge < -0.3 is 9.84 Å². The summed E-state index contributed by atoms with van der Waals surface area (Å²) in [7, 11) is 0. The zero-order valence-electron chi connectivity index (χ0n) is 11.8. The highest BCUT2D eigenvalue weighted by molar-refractivity contribution is 5.88. The fraction of sp³-hybridized carbons (Fsp3) is 0.133. The first-order valence-electron chi connectivity index (χ1n) is 6.53. The first kappa shape index (κ1) is 16.1. The third-order valence-electron chi connectivity index (χ3n) is 2.89. The number of ether oxygens (including phenoxy) is 1. The summed E-state index contributed by atoms with van der Waals surface area (Å²) in [5.74, 6) is -1.23. The largest absolute Gasteiger partial charge is 0.478 e. The van der Waals surface area contributed by atoms with Crippen molar-refractivity contribution in [2.75, 3.05) is 6.61 Å². The quantitative estimate of drug-likeness (QED) is 0.611. The van der Waals surface area contributed by atoms with E-state index in [4.69, 9.17) is 9.84 Å². The molecule has 0 aliphatic heterocycles. The van der Waals surface area contributed by atoms with Crippen LogP contribution in [0.5, 0.6) is 5.88 Å². The van der Waals surface area contributed by atoms with Crippen LogP contribution in [0.1, 0.15) is 15.9 Å². The van der Waals surface area contributed by atoms with Crippen molar-refractivity contribution in [2.24, 2.45) is 0 Å². The minimum Gasteiger partial charge on any atom is -0.478 e. The number of ketones is 1. The molecule has 0 saturated carbocycles. The van der Waals surface area contributed by atoms with Gasteiger partial charge in [-0.05, 0) is 17.7 Å². The van der Waals surface area contributed by atoms with E-state index >= 15 is 0 Å². The molecule has 8 nitrogen and oxygen atoms in total. The second-order valence-electron chi connectivity index (χ2n) is 4.62. The molecule has 2 rings (SSSR count). The van der Waals surface area contributed by atoms with E-state index in [1.54, 1.807) is 12.1 Å². The Morgan fingerprint density at radius 1 is 1.26 bits per heavy atom. The van der Waals surface area contributed by atoms with Crippen molar-refractivity contribution < 1.29 is 24.4 Å². The molecule has 8 heteroatoms. The van der Waals surface area contributed by atoms with Gasteiger partial charge in [-0.25, -0.2) is 9.78 Å². The Labute approximate surface area is 130 Å². The number of rotatable bonds is 7. The van der Waals surface area contributed by atoms with Crippen molar-refractivity contribution in [1.82, 2.24) is 4.98 Å². The van der Waals surface area contributed by atoms with Crippen molar-refractivity contribution >= 4 is 17.4 Å². The molecule has 1 aromatic heterocycles. The summed E-state index contributed by atoms with van der Waals surface area (Å²) in [5.41, 5.74) is 0.498. The lowest BCUT2D eigenvalue weighted by atomic mass is 10.1. The van der Waals surface area contributed by atoms with Crippen LogP contribution in [0.15, 0.2) is 42.6 Å². The number of carbonyl (C=O) groups is 2. The Balaban J connectivity index is 1.91. The van der Waals surface area contributed by atoms with Crippen LogP contribution in [0.2, 0.25) is 0 Å². The number of benzene rings is 1. The third-order valence-corrected chi connectivity index (χ3v) is 2.89. The molecule has 1 aromatic carbocycles. The SMILES string of the molecule is O=C(COc1ccc([N+](=O)[O-])cn1)Cc1cccc(C(=O)O)c1. The van der Waals surface area contributed by atoms with E-state index in [2.05, 4.69) is 4.98 Å². The minimum absolute atomic E-state index is 0.0219. The van der Waals surface area contributed by atoms with Crippen LogP contribution in [0.4, 0.5) is 5.69 Å². The Morgan fingerprint density at radius 3 is 2.65 bits per heavy atom. The molecule has 0 aliphatic carbocycles. The maximum absolute atomic E-state index is 11.8. The van der Waals surface area contributed by atoms with Gasteiger partial charge in [-0.3, -0.25) is 14.9 Å². The van der Waals surface area contributed by atoms with Gasteiger partial charge in [0.05, 0.1) is 10.5 Å². The second-order valence-corrected chi connectivity index (χ2v) is 4.62. The molecule has 0 saturated heterocycles. The van der Waals surface area contributed by atoms with E-state index in [0.29, 0.717) is 5.56 Å². The number of Topliss-reactive ketones (excluding diaryl/α,β-unsaturated/α-hetero) is 1. The lowest BCUT2D eigenvalue weighted by Crippen LogP contribution is -2.14. The number of pyridine rings is 1. The summed E-state index contributed by atoms with van der Waals surface area (Å²) in [6.07, 6.45) is 1.06. The van der Waals surface area contributed by atoms with E-state index in [1.165, 1.54) is 24.3 Å². The predicted molar refractivity (Wildman–Crippen MR) is 78.5 cm³/mol. The van der Waals surface area contributed by atoms with Gasteiger partial charge in [0, 0.05) is 18.6 Å². The van der Waals surface area contributed by atoms with Crippen molar-refractivity contribution in [3.63, 3.8) is 0 Å². The zero-order chi connectivity index (χ0) is 16.8. The van der Waals surface area contributed by atoms with Gasteiger partial charge >= 0.3 is 5.97 Å². The number of nitrogens with zero attached hydrogens (tertiary/aromatic N) is 2. The molecule has 23 heavy (non-hydrogen) atoms. The fourth-order valence-electron chi connectivity index (χ4n) is 1.81. The number of hydrogen-bond acceptors (Lipinski definition) is 6. The standard InChI is InChI=1S/C15H12N2O6/c18-13(7-10-2-1-3-11(6-10)15(19)20)9-23-14-5-4-12(8-16-14)17(21)22/h1-6,8H,7,9H2,(H,19,20). The Kier molecular flexibility index (Phi) is 4.98. The third kappa shape index (κ3) is 4.60. The molecular formula is C15H12N2O6. The van der Waals surface area contributed by atoms with E-state index in [9.17, 15) is 19.7 Å². The molecule has 1 heterocycles. The van der Waals surface area contributed by atoms with Crippen molar-refractivity contribution in [2.45, 2.75) is 6.42 Å². The van der Waals surface area contributed by atoms with Crippen molar-refractivity contribution in [1.29, 1.82) is 0 Å². The topological polar surface area (TPSA) is 120 Å². The maximum Gasteiger partial charge on any atom is 0.335 e. The van der Waals surface area contributed by atoms with Crippen LogP contribution >= 0.6 is 0 Å². The number of nitro groups is 1. The highest BCUT2D eigenvalue weighted by atomic mass is 16.6. The molecule has 0 fully saturated rings. The summed E-state index contributed by atoms with van der Waals surface area (Å²) in [5, 5.41) is 19.4.